The van der Waals surface area contributed by atoms with E-state index in [1.165, 1.54) is 16.8 Å². The van der Waals surface area contributed by atoms with E-state index in [-0.39, 0.29) is 17.0 Å². The molecular formula is C22H17N5O4. The average Bonchev–Trinajstić information content (AvgIpc) is 3.61. The van der Waals surface area contributed by atoms with Crippen LogP contribution in [0.15, 0.2) is 70.6 Å². The number of benzene rings is 1. The first-order chi connectivity index (χ1) is 15.1. The molecule has 0 saturated heterocycles. The minimum atomic E-state index is -0.559. The van der Waals surface area contributed by atoms with Crippen molar-refractivity contribution < 1.29 is 9.53 Å². The molecule has 31 heavy (non-hydrogen) atoms. The molecule has 1 aliphatic carbocycles. The fourth-order valence-corrected chi connectivity index (χ4v) is 3.29. The molecular weight excluding hydrogens is 398 g/mol. The van der Waals surface area contributed by atoms with Crippen LogP contribution < -0.4 is 21.3 Å². The van der Waals surface area contributed by atoms with Gasteiger partial charge in [-0.2, -0.15) is 0 Å². The molecule has 1 amide bonds. The third-order valence-corrected chi connectivity index (χ3v) is 4.95. The number of rotatable bonds is 5. The van der Waals surface area contributed by atoms with E-state index in [1.54, 1.807) is 48.8 Å². The second kappa shape index (κ2) is 7.52. The number of anilines is 1. The topological polar surface area (TPSA) is 119 Å². The molecule has 1 aliphatic rings. The van der Waals surface area contributed by atoms with Crippen molar-refractivity contribution in [3.63, 3.8) is 0 Å². The van der Waals surface area contributed by atoms with Gasteiger partial charge in [0.15, 0.2) is 0 Å². The highest BCUT2D eigenvalue weighted by Gasteiger charge is 2.27. The number of hydrogen-bond donors (Lipinski definition) is 2. The summed E-state index contributed by atoms with van der Waals surface area (Å²) in [5.74, 6) is 0.853. The van der Waals surface area contributed by atoms with Crippen molar-refractivity contribution in [1.82, 2.24) is 19.5 Å². The fraction of sp³-hybridized carbons (Fsp3) is 0.136. The Balaban J connectivity index is 1.37. The second-order valence-electron chi connectivity index (χ2n) is 7.22. The lowest BCUT2D eigenvalue weighted by atomic mass is 10.2. The zero-order valence-corrected chi connectivity index (χ0v) is 16.2. The second-order valence-corrected chi connectivity index (χ2v) is 7.22. The molecule has 1 aromatic carbocycles. The van der Waals surface area contributed by atoms with Crippen LogP contribution in [0, 0.1) is 0 Å². The Hall–Kier alpha value is -4.27. The van der Waals surface area contributed by atoms with E-state index in [4.69, 9.17) is 4.74 Å². The smallest absolute Gasteiger partial charge is 0.330 e. The number of fused-ring (bicyclic) bond motifs is 1. The predicted octanol–water partition coefficient (Wildman–Crippen LogP) is 2.86. The van der Waals surface area contributed by atoms with Crippen LogP contribution in [-0.2, 0) is 0 Å². The summed E-state index contributed by atoms with van der Waals surface area (Å²) in [6, 6.07) is 11.9. The molecule has 154 valence electrons. The number of H-pyrrole nitrogens is 1. The Bertz CT molecular complexity index is 1390. The third-order valence-electron chi connectivity index (χ3n) is 4.95. The van der Waals surface area contributed by atoms with Gasteiger partial charge < -0.3 is 10.1 Å². The van der Waals surface area contributed by atoms with E-state index >= 15 is 0 Å². The van der Waals surface area contributed by atoms with Crippen LogP contribution in [0.25, 0.3) is 11.0 Å². The van der Waals surface area contributed by atoms with Gasteiger partial charge in [0.05, 0.1) is 10.9 Å². The molecule has 1 saturated carbocycles. The minimum Gasteiger partial charge on any atom is -0.457 e. The highest BCUT2D eigenvalue weighted by atomic mass is 16.5. The van der Waals surface area contributed by atoms with E-state index in [9.17, 15) is 14.4 Å². The largest absolute Gasteiger partial charge is 0.457 e. The van der Waals surface area contributed by atoms with Crippen molar-refractivity contribution in [3.05, 3.63) is 87.5 Å². The molecule has 9 nitrogen and oxygen atoms in total. The van der Waals surface area contributed by atoms with Gasteiger partial charge in [-0.05, 0) is 55.3 Å². The van der Waals surface area contributed by atoms with Crippen molar-refractivity contribution >= 4 is 22.6 Å². The first-order valence-electron chi connectivity index (χ1n) is 9.72. The zero-order chi connectivity index (χ0) is 21.4. The Morgan fingerprint density at radius 1 is 1.06 bits per heavy atom. The number of carbonyl (C=O) groups is 1. The summed E-state index contributed by atoms with van der Waals surface area (Å²) >= 11 is 0. The molecule has 0 radical (unpaired) electrons. The van der Waals surface area contributed by atoms with Gasteiger partial charge in [-0.3, -0.25) is 24.1 Å². The maximum Gasteiger partial charge on any atom is 0.330 e. The number of pyridine rings is 2. The molecule has 3 aromatic heterocycles. The zero-order valence-electron chi connectivity index (χ0n) is 16.2. The summed E-state index contributed by atoms with van der Waals surface area (Å²) in [6.07, 6.45) is 6.38. The summed E-state index contributed by atoms with van der Waals surface area (Å²) < 4.78 is 7.19. The van der Waals surface area contributed by atoms with Crippen LogP contribution in [0.4, 0.5) is 5.69 Å². The normalized spacial score (nSPS) is 13.2. The van der Waals surface area contributed by atoms with Crippen LogP contribution in [0.5, 0.6) is 11.5 Å². The maximum absolute atomic E-state index is 12.7. The molecule has 0 spiro atoms. The lowest BCUT2D eigenvalue weighted by Crippen LogP contribution is -2.30. The van der Waals surface area contributed by atoms with E-state index in [1.807, 2.05) is 0 Å². The number of carbonyl (C=O) groups excluding carboxylic acids is 1. The SMILES string of the molecule is O=C(Nc1ccc(Oc2ccncc2)cc1)c1cnc2c(c1)c(=O)[nH]c(=O)n2C1CC1. The molecule has 3 heterocycles. The van der Waals surface area contributed by atoms with Crippen LogP contribution in [0.1, 0.15) is 29.2 Å². The number of aromatic nitrogens is 4. The Kier molecular flexibility index (Phi) is 4.55. The van der Waals surface area contributed by atoms with E-state index < -0.39 is 17.2 Å². The van der Waals surface area contributed by atoms with Gasteiger partial charge in [-0.25, -0.2) is 9.78 Å². The van der Waals surface area contributed by atoms with Crippen molar-refractivity contribution in [1.29, 1.82) is 0 Å². The summed E-state index contributed by atoms with van der Waals surface area (Å²) in [5, 5.41) is 2.98. The van der Waals surface area contributed by atoms with Crippen LogP contribution in [-0.4, -0.2) is 25.4 Å². The molecule has 9 heteroatoms. The molecule has 2 N–H and O–H groups in total. The average molecular weight is 415 g/mol. The summed E-state index contributed by atoms with van der Waals surface area (Å²) in [7, 11) is 0. The minimum absolute atomic E-state index is 0.0481. The highest BCUT2D eigenvalue weighted by Crippen LogP contribution is 2.34. The molecule has 0 unspecified atom stereocenters. The first-order valence-corrected chi connectivity index (χ1v) is 9.72. The van der Waals surface area contributed by atoms with Gasteiger partial charge in [-0.15, -0.1) is 0 Å². The number of nitrogens with one attached hydrogen (secondary N) is 2. The molecule has 0 bridgehead atoms. The predicted molar refractivity (Wildman–Crippen MR) is 114 cm³/mol. The van der Waals surface area contributed by atoms with E-state index in [0.717, 1.165) is 12.8 Å². The van der Waals surface area contributed by atoms with Crippen molar-refractivity contribution in [3.8, 4) is 11.5 Å². The highest BCUT2D eigenvalue weighted by molar-refractivity contribution is 6.05. The van der Waals surface area contributed by atoms with Crippen molar-refractivity contribution in [2.75, 3.05) is 5.32 Å². The fourth-order valence-electron chi connectivity index (χ4n) is 3.29. The molecule has 0 atom stereocenters. The van der Waals surface area contributed by atoms with Gasteiger partial charge in [-0.1, -0.05) is 0 Å². The lowest BCUT2D eigenvalue weighted by molar-refractivity contribution is 0.102. The van der Waals surface area contributed by atoms with Crippen LogP contribution in [0.2, 0.25) is 0 Å². The van der Waals surface area contributed by atoms with Gasteiger partial charge >= 0.3 is 5.69 Å². The lowest BCUT2D eigenvalue weighted by Gasteiger charge is -2.10. The Morgan fingerprint density at radius 2 is 1.77 bits per heavy atom. The number of hydrogen-bond acceptors (Lipinski definition) is 6. The van der Waals surface area contributed by atoms with Gasteiger partial charge in [0, 0.05) is 30.3 Å². The maximum atomic E-state index is 12.7. The summed E-state index contributed by atoms with van der Waals surface area (Å²) in [6.45, 7) is 0. The third kappa shape index (κ3) is 3.80. The first kappa shape index (κ1) is 18.7. The van der Waals surface area contributed by atoms with E-state index in [2.05, 4.69) is 20.3 Å². The summed E-state index contributed by atoms with van der Waals surface area (Å²) in [5.41, 5.74) is 0.0426. The number of amides is 1. The Morgan fingerprint density at radius 3 is 2.48 bits per heavy atom. The summed E-state index contributed by atoms with van der Waals surface area (Å²) in [4.78, 5) is 47.5. The number of nitrogens with zero attached hydrogens (tertiary/aromatic N) is 3. The van der Waals surface area contributed by atoms with Crippen LogP contribution in [0.3, 0.4) is 0 Å². The molecule has 1 fully saturated rings. The molecule has 0 aliphatic heterocycles. The van der Waals surface area contributed by atoms with Crippen molar-refractivity contribution in [2.24, 2.45) is 0 Å². The Labute approximate surface area is 175 Å². The number of aromatic amines is 1. The molecule has 4 aromatic rings. The van der Waals surface area contributed by atoms with Gasteiger partial charge in [0.1, 0.15) is 17.1 Å². The van der Waals surface area contributed by atoms with Gasteiger partial charge in [0.25, 0.3) is 11.5 Å². The quantitative estimate of drug-likeness (QED) is 0.517. The number of ether oxygens (including phenoxy) is 1. The monoisotopic (exact) mass is 415 g/mol. The van der Waals surface area contributed by atoms with Crippen LogP contribution >= 0.6 is 0 Å². The van der Waals surface area contributed by atoms with Gasteiger partial charge in [0.2, 0.25) is 0 Å². The van der Waals surface area contributed by atoms with Crippen molar-refractivity contribution in [2.45, 2.75) is 18.9 Å². The molecule has 5 rings (SSSR count). The standard InChI is InChI=1S/C22H17N5O4/c28-20(25-14-1-5-16(6-2-14)31-17-7-9-23-10-8-17)13-11-18-19(24-12-13)27(15-3-4-15)22(30)26-21(18)29/h1-2,5-12,15H,3-4H2,(H,25,28)(H,26,29,30). The van der Waals surface area contributed by atoms with E-state index in [0.29, 0.717) is 22.8 Å².